The first-order valence-electron chi connectivity index (χ1n) is 9.89. The molecule has 2 heterocycles. The molecule has 0 radical (unpaired) electrons. The summed E-state index contributed by atoms with van der Waals surface area (Å²) in [4.78, 5) is 19.0. The lowest BCUT2D eigenvalue weighted by Crippen LogP contribution is -2.31. The maximum absolute atomic E-state index is 12.4. The van der Waals surface area contributed by atoms with Gasteiger partial charge in [0.25, 0.3) is 0 Å². The number of aromatic nitrogens is 1. The number of amides is 1. The van der Waals surface area contributed by atoms with Gasteiger partial charge in [0.2, 0.25) is 15.9 Å². The van der Waals surface area contributed by atoms with Gasteiger partial charge in [-0.15, -0.1) is 0 Å². The van der Waals surface area contributed by atoms with Crippen molar-refractivity contribution in [2.24, 2.45) is 0 Å². The maximum Gasteiger partial charge on any atom is 0.240 e. The van der Waals surface area contributed by atoms with Crippen molar-refractivity contribution in [2.75, 3.05) is 24.5 Å². The molecular weight excluding hydrogens is 388 g/mol. The molecule has 0 spiro atoms. The molecule has 0 aliphatic carbocycles. The zero-order valence-electron chi connectivity index (χ0n) is 16.9. The van der Waals surface area contributed by atoms with Crippen molar-refractivity contribution in [3.8, 4) is 0 Å². The second kappa shape index (κ2) is 9.37. The maximum atomic E-state index is 12.4. The van der Waals surface area contributed by atoms with E-state index in [0.717, 1.165) is 30.0 Å². The number of benzene rings is 1. The van der Waals surface area contributed by atoms with Crippen LogP contribution in [0.15, 0.2) is 41.4 Å². The Morgan fingerprint density at radius 3 is 2.55 bits per heavy atom. The zero-order chi connectivity index (χ0) is 20.9. The topological polar surface area (TPSA) is 91.4 Å². The van der Waals surface area contributed by atoms with E-state index in [0.29, 0.717) is 12.1 Å². The fourth-order valence-corrected chi connectivity index (χ4v) is 4.68. The molecule has 2 N–H and O–H groups in total. The second-order valence-electron chi connectivity index (χ2n) is 7.41. The number of carbonyl (C=O) groups excluding carboxylic acids is 1. The van der Waals surface area contributed by atoms with Crippen LogP contribution in [-0.4, -0.2) is 38.9 Å². The van der Waals surface area contributed by atoms with E-state index in [2.05, 4.69) is 19.9 Å². The Labute approximate surface area is 172 Å². The molecule has 0 atom stereocenters. The van der Waals surface area contributed by atoms with Crippen molar-refractivity contribution in [1.82, 2.24) is 15.0 Å². The summed E-state index contributed by atoms with van der Waals surface area (Å²) in [6.45, 7) is 6.18. The van der Waals surface area contributed by atoms with Gasteiger partial charge < -0.3 is 10.2 Å². The summed E-state index contributed by atoms with van der Waals surface area (Å²) >= 11 is 0. The second-order valence-corrected chi connectivity index (χ2v) is 9.15. The summed E-state index contributed by atoms with van der Waals surface area (Å²) in [6.07, 6.45) is 4.25. The van der Waals surface area contributed by atoms with Gasteiger partial charge in [-0.1, -0.05) is 23.8 Å². The van der Waals surface area contributed by atoms with Gasteiger partial charge in [-0.25, -0.2) is 18.1 Å². The molecule has 1 amide bonds. The highest BCUT2D eigenvalue weighted by Crippen LogP contribution is 2.18. The molecule has 1 saturated heterocycles. The monoisotopic (exact) mass is 416 g/mol. The van der Waals surface area contributed by atoms with E-state index in [4.69, 9.17) is 0 Å². The Morgan fingerprint density at radius 2 is 1.90 bits per heavy atom. The average Bonchev–Trinajstić information content (AvgIpc) is 3.21. The molecule has 1 aromatic heterocycles. The van der Waals surface area contributed by atoms with Gasteiger partial charge in [0.15, 0.2) is 0 Å². The van der Waals surface area contributed by atoms with Gasteiger partial charge in [0.05, 0.1) is 4.90 Å². The highest BCUT2D eigenvalue weighted by molar-refractivity contribution is 7.89. The first-order valence-corrected chi connectivity index (χ1v) is 11.4. The first kappa shape index (κ1) is 21.3. The summed E-state index contributed by atoms with van der Waals surface area (Å²) in [5, 5.41) is 2.81. The lowest BCUT2D eigenvalue weighted by Gasteiger charge is -2.16. The Balaban J connectivity index is 1.44. The molecule has 1 aliphatic heterocycles. The number of nitrogens with zero attached hydrogens (tertiary/aromatic N) is 2. The fraction of sp³-hybridized carbons (Fsp3) is 0.429. The molecule has 156 valence electrons. The predicted molar refractivity (Wildman–Crippen MR) is 113 cm³/mol. The Bertz CT molecular complexity index is 952. The molecule has 2 aromatic rings. The van der Waals surface area contributed by atoms with Gasteiger partial charge in [0, 0.05) is 38.8 Å². The van der Waals surface area contributed by atoms with E-state index < -0.39 is 10.0 Å². The van der Waals surface area contributed by atoms with Crippen molar-refractivity contribution in [3.05, 3.63) is 53.2 Å². The normalized spacial score (nSPS) is 14.2. The molecular formula is C21H28N4O3S. The van der Waals surface area contributed by atoms with Crippen LogP contribution in [0.2, 0.25) is 0 Å². The van der Waals surface area contributed by atoms with E-state index in [-0.39, 0.29) is 23.8 Å². The summed E-state index contributed by atoms with van der Waals surface area (Å²) < 4.78 is 27.3. The SMILES string of the molecule is Cc1ccc(S(=O)(=O)NCCC(=O)NCc2ccc(N3CCCC3)nc2)c(C)c1. The van der Waals surface area contributed by atoms with E-state index in [9.17, 15) is 13.2 Å². The molecule has 7 nitrogen and oxygen atoms in total. The molecule has 29 heavy (non-hydrogen) atoms. The van der Waals surface area contributed by atoms with Crippen molar-refractivity contribution in [3.63, 3.8) is 0 Å². The molecule has 1 fully saturated rings. The lowest BCUT2D eigenvalue weighted by molar-refractivity contribution is -0.121. The van der Waals surface area contributed by atoms with Crippen LogP contribution in [0.3, 0.4) is 0 Å². The van der Waals surface area contributed by atoms with Crippen LogP contribution >= 0.6 is 0 Å². The summed E-state index contributed by atoms with van der Waals surface area (Å²) in [7, 11) is -3.63. The van der Waals surface area contributed by atoms with Gasteiger partial charge in [-0.3, -0.25) is 4.79 Å². The number of hydrogen-bond acceptors (Lipinski definition) is 5. The number of pyridine rings is 1. The van der Waals surface area contributed by atoms with E-state index in [1.165, 1.54) is 12.8 Å². The van der Waals surface area contributed by atoms with Crippen LogP contribution in [0, 0.1) is 13.8 Å². The lowest BCUT2D eigenvalue weighted by atomic mass is 10.2. The number of carbonyl (C=O) groups is 1. The van der Waals surface area contributed by atoms with Gasteiger partial charge in [0.1, 0.15) is 5.82 Å². The highest BCUT2D eigenvalue weighted by atomic mass is 32.2. The number of sulfonamides is 1. The smallest absolute Gasteiger partial charge is 0.240 e. The number of hydrogen-bond donors (Lipinski definition) is 2. The highest BCUT2D eigenvalue weighted by Gasteiger charge is 2.17. The summed E-state index contributed by atoms with van der Waals surface area (Å²) in [5.74, 6) is 0.760. The van der Waals surface area contributed by atoms with Crippen LogP contribution in [-0.2, 0) is 21.4 Å². The molecule has 0 bridgehead atoms. The number of aryl methyl sites for hydroxylation is 2. The molecule has 8 heteroatoms. The number of anilines is 1. The average molecular weight is 417 g/mol. The molecule has 3 rings (SSSR count). The third-order valence-electron chi connectivity index (χ3n) is 4.99. The quantitative estimate of drug-likeness (QED) is 0.689. The predicted octanol–water partition coefficient (Wildman–Crippen LogP) is 2.28. The van der Waals surface area contributed by atoms with Gasteiger partial charge in [-0.05, 0) is 49.9 Å². The van der Waals surface area contributed by atoms with Crippen LogP contribution in [0.4, 0.5) is 5.82 Å². The van der Waals surface area contributed by atoms with Crippen LogP contribution in [0.5, 0.6) is 0 Å². The Hall–Kier alpha value is -2.45. The molecule has 1 aromatic carbocycles. The minimum Gasteiger partial charge on any atom is -0.357 e. The Kier molecular flexibility index (Phi) is 6.87. The van der Waals surface area contributed by atoms with Crippen molar-refractivity contribution < 1.29 is 13.2 Å². The minimum absolute atomic E-state index is 0.0492. The van der Waals surface area contributed by atoms with Crippen LogP contribution in [0.1, 0.15) is 36.0 Å². The fourth-order valence-electron chi connectivity index (χ4n) is 3.42. The zero-order valence-corrected chi connectivity index (χ0v) is 17.8. The standard InChI is InChI=1S/C21H28N4O3S/c1-16-5-7-19(17(2)13-16)29(27,28)24-10-9-21(26)23-15-18-6-8-20(22-14-18)25-11-3-4-12-25/h5-8,13-14,24H,3-4,9-12,15H2,1-2H3,(H,23,26). The van der Waals surface area contributed by atoms with E-state index in [1.54, 1.807) is 25.3 Å². The van der Waals surface area contributed by atoms with Crippen LogP contribution < -0.4 is 14.9 Å². The molecule has 0 saturated carbocycles. The van der Waals surface area contributed by atoms with Crippen molar-refractivity contribution in [1.29, 1.82) is 0 Å². The van der Waals surface area contributed by atoms with Gasteiger partial charge in [-0.2, -0.15) is 0 Å². The Morgan fingerprint density at radius 1 is 1.14 bits per heavy atom. The molecule has 0 unspecified atom stereocenters. The molecule has 1 aliphatic rings. The number of rotatable bonds is 8. The van der Waals surface area contributed by atoms with Crippen molar-refractivity contribution >= 4 is 21.7 Å². The first-order chi connectivity index (χ1) is 13.8. The minimum atomic E-state index is -3.63. The third-order valence-corrected chi connectivity index (χ3v) is 6.61. The van der Waals surface area contributed by atoms with Gasteiger partial charge >= 0.3 is 0 Å². The third kappa shape index (κ3) is 5.77. The van der Waals surface area contributed by atoms with Crippen molar-refractivity contribution in [2.45, 2.75) is 44.6 Å². The summed E-state index contributed by atoms with van der Waals surface area (Å²) in [6, 6.07) is 9.11. The largest absolute Gasteiger partial charge is 0.357 e. The van der Waals surface area contributed by atoms with E-state index >= 15 is 0 Å². The summed E-state index contributed by atoms with van der Waals surface area (Å²) in [5.41, 5.74) is 2.60. The van der Waals surface area contributed by atoms with E-state index in [1.807, 2.05) is 25.1 Å². The van der Waals surface area contributed by atoms with Crippen LogP contribution in [0.25, 0.3) is 0 Å². The number of nitrogens with one attached hydrogen (secondary N) is 2.